The van der Waals surface area contributed by atoms with Crippen LogP contribution < -0.4 is 86.0 Å². The summed E-state index contributed by atoms with van der Waals surface area (Å²) in [5, 5.41) is 92.4. The molecular formula is C80H119FN27O20+. The number of benzene rings is 2. The highest BCUT2D eigenvalue weighted by Gasteiger charge is 2.36. The van der Waals surface area contributed by atoms with Gasteiger partial charge in [-0.3, -0.25) is 93.4 Å². The number of nitrogens with zero attached hydrogens (tertiary/aromatic N) is 10. The van der Waals surface area contributed by atoms with Gasteiger partial charge in [0.05, 0.1) is 129 Å². The van der Waals surface area contributed by atoms with Crippen LogP contribution in [0.2, 0.25) is 0 Å². The van der Waals surface area contributed by atoms with Gasteiger partial charge in [0.25, 0.3) is 0 Å². The summed E-state index contributed by atoms with van der Waals surface area (Å²) in [7, 11) is 0. The lowest BCUT2D eigenvalue weighted by Gasteiger charge is -2.24. The van der Waals surface area contributed by atoms with E-state index in [0.717, 1.165) is 11.1 Å². The first-order valence-corrected chi connectivity index (χ1v) is 42.4. The van der Waals surface area contributed by atoms with Crippen LogP contribution in [0.5, 0.6) is 0 Å². The molecule has 0 saturated heterocycles. The van der Waals surface area contributed by atoms with E-state index >= 15 is 0 Å². The van der Waals surface area contributed by atoms with Crippen molar-refractivity contribution in [1.82, 2.24) is 119 Å². The molecule has 12 amide bonds. The van der Waals surface area contributed by atoms with Gasteiger partial charge in [0.1, 0.15) is 54.2 Å². The lowest BCUT2D eigenvalue weighted by Crippen LogP contribution is -2.55. The number of carbonyl (C=O) groups excluding carboxylic acids is 12. The molecule has 3 aromatic heterocycles. The Hall–Kier alpha value is -13.3. The number of fused-ring (bicyclic) bond motifs is 4. The molecule has 0 aliphatic carbocycles. The number of ether oxygens (including phenoxy) is 4. The van der Waals surface area contributed by atoms with Crippen molar-refractivity contribution in [2.75, 3.05) is 118 Å². The lowest BCUT2D eigenvalue weighted by molar-refractivity contribution is -0.141. The summed E-state index contributed by atoms with van der Waals surface area (Å²) >= 11 is 0. The van der Waals surface area contributed by atoms with Crippen LogP contribution in [0.25, 0.3) is 0 Å². The van der Waals surface area contributed by atoms with Crippen molar-refractivity contribution < 1.29 is 106 Å². The minimum absolute atomic E-state index is 0.00744. The molecule has 0 spiro atoms. The number of nitrogens with two attached hydrogens (primary N) is 3. The van der Waals surface area contributed by atoms with E-state index in [1.807, 2.05) is 0 Å². The molecule has 22 N–H and O–H groups in total. The maximum atomic E-state index is 14.6. The third-order valence-corrected chi connectivity index (χ3v) is 20.0. The number of aryl methyl sites for hydroxylation is 1. The third-order valence-electron chi connectivity index (χ3n) is 20.0. The SMILES string of the molecule is N=C(N)NCCC[C@@H]1NC(=O)[C@H](CCCCNC(=O)CCN(CCC(=O)NCCCC[C@H]2C(=O)N[C@@H](CCCNC(N)=[NH2+])C(=O)NCC(=O)N[C@@H](CC(=O)O)C(=O)N[C@@H](Cc3ccccc3)c3cn2nn3)C(=O)CCOCCOCCOCCOCCNC(=O)Cn2cc(CCCF)nn2)n2cc(nn2)[C@H](Cc2ccccc2)NC(=O)[C@H](CC(=O)O)NC(=O)CNC1=O. The Morgan fingerprint density at radius 3 is 1.37 bits per heavy atom. The van der Waals surface area contributed by atoms with E-state index in [9.17, 15) is 81.7 Å². The monoisotopic (exact) mass is 1800 g/mol. The Balaban J connectivity index is 0.978. The first-order chi connectivity index (χ1) is 61.7. The van der Waals surface area contributed by atoms with Crippen molar-refractivity contribution in [2.24, 2.45) is 11.5 Å². The Labute approximate surface area is 736 Å². The number of amides is 12. The van der Waals surface area contributed by atoms with Crippen molar-refractivity contribution in [3.63, 3.8) is 0 Å². The Kier molecular flexibility index (Phi) is 45.1. The van der Waals surface area contributed by atoms with Crippen LogP contribution in [-0.4, -0.2) is 297 Å². The molecule has 0 fully saturated rings. The second-order valence-corrected chi connectivity index (χ2v) is 30.1. The van der Waals surface area contributed by atoms with E-state index in [0.29, 0.717) is 18.5 Å². The molecule has 4 bridgehead atoms. The van der Waals surface area contributed by atoms with Crippen molar-refractivity contribution in [1.29, 1.82) is 5.41 Å². The molecule has 128 heavy (non-hydrogen) atoms. The second kappa shape index (κ2) is 56.7. The maximum Gasteiger partial charge on any atom is 0.338 e. The number of carbonyl (C=O) groups is 14. The largest absolute Gasteiger partial charge is 0.481 e. The summed E-state index contributed by atoms with van der Waals surface area (Å²) in [6.07, 6.45) is 4.80. The average molecular weight is 1800 g/mol. The molecule has 0 saturated carbocycles. The van der Waals surface area contributed by atoms with E-state index in [-0.39, 0.29) is 231 Å². The molecule has 2 aromatic carbocycles. The molecule has 48 heteroatoms. The summed E-state index contributed by atoms with van der Waals surface area (Å²) in [6.45, 7) is -0.117. The van der Waals surface area contributed by atoms with Gasteiger partial charge in [-0.25, -0.2) is 14.0 Å². The summed E-state index contributed by atoms with van der Waals surface area (Å²) in [5.74, 6) is -11.4. The number of alkyl halides is 1. The zero-order valence-electron chi connectivity index (χ0n) is 71.3. The third kappa shape index (κ3) is 39.1. The van der Waals surface area contributed by atoms with E-state index in [2.05, 4.69) is 100 Å². The van der Waals surface area contributed by atoms with E-state index in [1.165, 1.54) is 31.3 Å². The molecule has 700 valence electrons. The summed E-state index contributed by atoms with van der Waals surface area (Å²) in [5.41, 5.74) is 13.5. The highest BCUT2D eigenvalue weighted by atomic mass is 19.1. The summed E-state index contributed by atoms with van der Waals surface area (Å²) in [6, 6.07) is 7.83. The van der Waals surface area contributed by atoms with Gasteiger partial charge in [-0.05, 0) is 101 Å². The fraction of sp³-hybridized carbons (Fsp3) is 0.575. The number of halogens is 1. The molecule has 8 atom stereocenters. The van der Waals surface area contributed by atoms with E-state index < -0.39 is 158 Å². The molecule has 5 aromatic rings. The highest BCUT2D eigenvalue weighted by molar-refractivity contribution is 5.96. The highest BCUT2D eigenvalue weighted by Crippen LogP contribution is 2.25. The first-order valence-electron chi connectivity index (χ1n) is 42.4. The molecule has 0 radical (unpaired) electrons. The fourth-order valence-electron chi connectivity index (χ4n) is 13.4. The molecule has 2 aliphatic rings. The number of hydrogen-bond acceptors (Lipinski definition) is 25. The van der Waals surface area contributed by atoms with Gasteiger partial charge in [-0.2, -0.15) is 0 Å². The van der Waals surface area contributed by atoms with E-state index in [4.69, 9.17) is 41.2 Å². The van der Waals surface area contributed by atoms with Gasteiger partial charge in [0, 0.05) is 58.3 Å². The van der Waals surface area contributed by atoms with Gasteiger partial charge in [-0.1, -0.05) is 76.3 Å². The zero-order valence-corrected chi connectivity index (χ0v) is 71.3. The smallest absolute Gasteiger partial charge is 0.338 e. The topological polar surface area (TPSA) is 670 Å². The Bertz CT molecular complexity index is 4210. The number of unbranched alkanes of at least 4 members (excludes halogenated alkanes) is 2. The predicted molar refractivity (Wildman–Crippen MR) is 451 cm³/mol. The normalized spacial score (nSPS) is 18.4. The minimum atomic E-state index is -1.60. The van der Waals surface area contributed by atoms with Gasteiger partial charge < -0.3 is 104 Å². The zero-order chi connectivity index (χ0) is 92.4. The van der Waals surface area contributed by atoms with Crippen molar-refractivity contribution in [2.45, 2.75) is 177 Å². The molecule has 47 nitrogen and oxygen atoms in total. The van der Waals surface area contributed by atoms with Crippen molar-refractivity contribution >= 4 is 94.7 Å². The van der Waals surface area contributed by atoms with Crippen molar-refractivity contribution in [3.8, 4) is 0 Å². The van der Waals surface area contributed by atoms with Gasteiger partial charge in [0.15, 0.2) is 5.96 Å². The summed E-state index contributed by atoms with van der Waals surface area (Å²) in [4.78, 5) is 190. The number of hydrogen-bond donors (Lipinski definition) is 19. The standard InChI is InChI=1S/C80H118FN27O20/c81-26-11-18-54-48-106(102-99-54)51-69(113)88-31-35-126-37-39-128-41-40-127-38-36-125-34-25-70(114)105(32-23-65(109)86-27-9-7-21-63-77(123)95-55(19-12-29-89-79(82)83)73(119)91-46-67(111)93-59(44-71(115)116)75(121)97-57(61-49-107(63)103-100-61)42-52-14-3-1-4-15-52)33-24-66(110)87-28-10-8-22-64-78(124)96-56(20-13-30-90-80(84)85)74(120)92-47-68(112)94-60(45-72(117)118)76(122)98-58(62-50-108(64)104-101-62)43-53-16-5-2-6-17-53/h1-6,14-17,48-50,55-60,63-64H,7-13,18-47,51H2,(H,86,109)(H,87,110)(H,88,113)(H,91,119)(H,92,120)(H,93,111)(H,94,112)(H,95,123)(H,96,124)(H,97,121)(H,98,122)(H,115,116)(H,117,118)(H4,82,83,89)(H4,84,85,90)/p+1/t55-,56-,57-,58-,59-,60-,63-,64-/m0/s1. The lowest BCUT2D eigenvalue weighted by atomic mass is 10.0. The quantitative estimate of drug-likeness (QED) is 0.00980. The Morgan fingerprint density at radius 2 is 0.914 bits per heavy atom. The fourth-order valence-corrected chi connectivity index (χ4v) is 13.4. The average Bonchev–Trinajstić information content (AvgIpc) is 1.68. The van der Waals surface area contributed by atoms with Crippen molar-refractivity contribution in [3.05, 3.63) is 107 Å². The van der Waals surface area contributed by atoms with E-state index in [1.54, 1.807) is 66.9 Å². The second-order valence-electron chi connectivity index (χ2n) is 30.1. The van der Waals surface area contributed by atoms with Crippen LogP contribution in [0.3, 0.4) is 0 Å². The van der Waals surface area contributed by atoms with Gasteiger partial charge in [-0.15, -0.1) is 15.3 Å². The molecule has 7 rings (SSSR count). The number of carboxylic acids is 2. The van der Waals surface area contributed by atoms with Crippen LogP contribution in [-0.2, 0) is 112 Å². The van der Waals surface area contributed by atoms with Crippen LogP contribution in [0.1, 0.15) is 155 Å². The molecule has 0 unspecified atom stereocenters. The first kappa shape index (κ1) is 102. The summed E-state index contributed by atoms with van der Waals surface area (Å²) < 4.78 is 38.9. The minimum Gasteiger partial charge on any atom is -0.481 e. The number of guanidine groups is 2. The van der Waals surface area contributed by atoms with Crippen LogP contribution in [0, 0.1) is 5.41 Å². The molecule has 2 aliphatic heterocycles. The number of aromatic nitrogens is 9. The van der Waals surface area contributed by atoms with Crippen LogP contribution in [0.4, 0.5) is 4.39 Å². The predicted octanol–water partition coefficient (Wildman–Crippen LogP) is -5.74. The maximum absolute atomic E-state index is 14.6. The van der Waals surface area contributed by atoms with Gasteiger partial charge in [0.2, 0.25) is 70.9 Å². The molecule has 5 heterocycles. The Morgan fingerprint density at radius 1 is 0.477 bits per heavy atom. The number of aliphatic carboxylic acids is 2. The van der Waals surface area contributed by atoms with Gasteiger partial charge >= 0.3 is 17.9 Å². The number of rotatable bonds is 52. The number of nitrogens with one attached hydrogen (secondary N) is 14. The van der Waals surface area contributed by atoms with Crippen LogP contribution >= 0.6 is 0 Å². The number of carboxylic acid groups (broad SMARTS) is 2. The molecular weight excluding hydrogens is 1680 g/mol. The van der Waals surface area contributed by atoms with Crippen LogP contribution in [0.15, 0.2) is 79.3 Å².